The van der Waals surface area contributed by atoms with Crippen molar-refractivity contribution < 1.29 is 29.0 Å². The summed E-state index contributed by atoms with van der Waals surface area (Å²) in [5.41, 5.74) is -0.706. The van der Waals surface area contributed by atoms with E-state index in [4.69, 9.17) is 9.47 Å². The van der Waals surface area contributed by atoms with E-state index in [1.165, 1.54) is 18.1 Å². The molecule has 0 aromatic heterocycles. The Hall–Kier alpha value is -2.43. The molecule has 0 unspecified atom stereocenters. The van der Waals surface area contributed by atoms with Crippen molar-refractivity contribution >= 4 is 61.1 Å². The summed E-state index contributed by atoms with van der Waals surface area (Å²) in [6.45, 7) is 5.29. The SMILES string of the molecule is CCOC(=O)[C@@H](O)[C@]1(Nc2ccc(Br)cc2C(=O)OC)C(=O)N(C(C)C)c2cc(Br)ccc21. The minimum Gasteiger partial charge on any atom is -0.465 e. The summed E-state index contributed by atoms with van der Waals surface area (Å²) in [5, 5.41) is 14.3. The smallest absolute Gasteiger partial charge is 0.340 e. The Labute approximate surface area is 208 Å². The Morgan fingerprint density at radius 1 is 1.15 bits per heavy atom. The first-order valence-electron chi connectivity index (χ1n) is 10.2. The molecule has 2 atom stereocenters. The summed E-state index contributed by atoms with van der Waals surface area (Å²) in [4.78, 5) is 40.7. The highest BCUT2D eigenvalue weighted by Gasteiger charge is 2.59. The van der Waals surface area contributed by atoms with Crippen LogP contribution in [0, 0.1) is 0 Å². The van der Waals surface area contributed by atoms with Gasteiger partial charge in [-0.2, -0.15) is 0 Å². The van der Waals surface area contributed by atoms with Crippen molar-refractivity contribution in [3.63, 3.8) is 0 Å². The maximum Gasteiger partial charge on any atom is 0.340 e. The lowest BCUT2D eigenvalue weighted by molar-refractivity contribution is -0.159. The van der Waals surface area contributed by atoms with Crippen LogP contribution in [0.2, 0.25) is 0 Å². The highest BCUT2D eigenvalue weighted by Crippen LogP contribution is 2.47. The summed E-state index contributed by atoms with van der Waals surface area (Å²) < 4.78 is 11.3. The number of ether oxygens (including phenoxy) is 2. The van der Waals surface area contributed by atoms with Crippen LogP contribution >= 0.6 is 31.9 Å². The summed E-state index contributed by atoms with van der Waals surface area (Å²) in [5.74, 6) is -2.17. The number of hydrogen-bond donors (Lipinski definition) is 2. The second-order valence-corrected chi connectivity index (χ2v) is 9.53. The van der Waals surface area contributed by atoms with Gasteiger partial charge in [0.25, 0.3) is 5.91 Å². The number of esters is 2. The molecule has 1 amide bonds. The van der Waals surface area contributed by atoms with Crippen molar-refractivity contribution in [3.05, 3.63) is 56.5 Å². The van der Waals surface area contributed by atoms with E-state index < -0.39 is 29.5 Å². The maximum absolute atomic E-state index is 14.0. The van der Waals surface area contributed by atoms with Crippen LogP contribution in [0.1, 0.15) is 36.7 Å². The van der Waals surface area contributed by atoms with E-state index in [1.807, 2.05) is 13.8 Å². The van der Waals surface area contributed by atoms with E-state index >= 15 is 0 Å². The summed E-state index contributed by atoms with van der Waals surface area (Å²) in [6, 6.07) is 9.60. The average Bonchev–Trinajstić information content (AvgIpc) is 3.01. The van der Waals surface area contributed by atoms with Gasteiger partial charge in [0, 0.05) is 26.2 Å². The van der Waals surface area contributed by atoms with Gasteiger partial charge in [0.1, 0.15) is 0 Å². The normalized spacial score (nSPS) is 18.2. The van der Waals surface area contributed by atoms with Gasteiger partial charge in [-0.15, -0.1) is 0 Å². The van der Waals surface area contributed by atoms with Crippen molar-refractivity contribution in [2.75, 3.05) is 23.9 Å². The van der Waals surface area contributed by atoms with E-state index in [0.29, 0.717) is 15.7 Å². The van der Waals surface area contributed by atoms with Gasteiger partial charge in [-0.3, -0.25) is 4.79 Å². The first-order chi connectivity index (χ1) is 15.6. The molecule has 0 saturated heterocycles. The van der Waals surface area contributed by atoms with Crippen LogP contribution in [-0.2, 0) is 24.6 Å². The summed E-state index contributed by atoms with van der Waals surface area (Å²) >= 11 is 6.75. The number of halogens is 2. The third-order valence-electron chi connectivity index (χ3n) is 5.36. The average molecular weight is 584 g/mol. The van der Waals surface area contributed by atoms with Gasteiger partial charge in [-0.25, -0.2) is 9.59 Å². The van der Waals surface area contributed by atoms with Gasteiger partial charge in [-0.05, 0) is 51.1 Å². The van der Waals surface area contributed by atoms with E-state index in [-0.39, 0.29) is 23.9 Å². The van der Waals surface area contributed by atoms with E-state index in [1.54, 1.807) is 37.3 Å². The fraction of sp³-hybridized carbons (Fsp3) is 0.348. The van der Waals surface area contributed by atoms with E-state index in [9.17, 15) is 19.5 Å². The van der Waals surface area contributed by atoms with Crippen LogP contribution in [0.25, 0.3) is 0 Å². The molecule has 2 N–H and O–H groups in total. The maximum atomic E-state index is 14.0. The van der Waals surface area contributed by atoms with Gasteiger partial charge in [0.05, 0.1) is 25.0 Å². The molecular formula is C23H24Br2N2O6. The lowest BCUT2D eigenvalue weighted by Crippen LogP contribution is -2.58. The fourth-order valence-corrected chi connectivity index (χ4v) is 4.64. The van der Waals surface area contributed by atoms with Gasteiger partial charge < -0.3 is 24.8 Å². The summed E-state index contributed by atoms with van der Waals surface area (Å²) in [7, 11) is 1.24. The molecule has 1 aliphatic rings. The molecular weight excluding hydrogens is 560 g/mol. The second-order valence-electron chi connectivity index (χ2n) is 7.70. The van der Waals surface area contributed by atoms with Crippen LogP contribution < -0.4 is 10.2 Å². The van der Waals surface area contributed by atoms with Crippen molar-refractivity contribution in [3.8, 4) is 0 Å². The van der Waals surface area contributed by atoms with Crippen LogP contribution in [-0.4, -0.2) is 48.8 Å². The number of anilines is 2. The largest absolute Gasteiger partial charge is 0.465 e. The standard InChI is InChI=1S/C23H24Br2N2O6/c1-5-33-21(30)19(28)23(26-17-9-7-13(24)10-15(17)20(29)32-4)16-8-6-14(25)11-18(16)27(12(2)3)22(23)31/h6-12,19,26,28H,5H2,1-4H3/t19-,23+/m1/s1. The monoisotopic (exact) mass is 582 g/mol. The Morgan fingerprint density at radius 2 is 1.79 bits per heavy atom. The van der Waals surface area contributed by atoms with Crippen molar-refractivity contribution in [2.45, 2.75) is 38.5 Å². The highest BCUT2D eigenvalue weighted by molar-refractivity contribution is 9.10. The Bertz CT molecular complexity index is 1110. The molecule has 176 valence electrons. The van der Waals surface area contributed by atoms with Gasteiger partial charge in [-0.1, -0.05) is 37.9 Å². The molecule has 0 saturated carbocycles. The number of benzene rings is 2. The van der Waals surface area contributed by atoms with Gasteiger partial charge in [0.15, 0.2) is 11.6 Å². The topological polar surface area (TPSA) is 105 Å². The lowest BCUT2D eigenvalue weighted by atomic mass is 9.84. The van der Waals surface area contributed by atoms with Crippen LogP contribution in [0.15, 0.2) is 45.3 Å². The zero-order chi connectivity index (χ0) is 24.5. The number of amides is 1. The fourth-order valence-electron chi connectivity index (χ4n) is 3.93. The number of carbonyl (C=O) groups is 3. The molecule has 1 heterocycles. The molecule has 0 spiro atoms. The molecule has 0 fully saturated rings. The third kappa shape index (κ3) is 4.39. The molecule has 0 aliphatic carbocycles. The minimum atomic E-state index is -1.94. The Balaban J connectivity index is 2.30. The third-order valence-corrected chi connectivity index (χ3v) is 6.34. The number of nitrogens with one attached hydrogen (secondary N) is 1. The predicted octanol–water partition coefficient (Wildman–Crippen LogP) is 3.98. The van der Waals surface area contributed by atoms with Gasteiger partial charge >= 0.3 is 11.9 Å². The highest BCUT2D eigenvalue weighted by atomic mass is 79.9. The predicted molar refractivity (Wildman–Crippen MR) is 130 cm³/mol. The number of carbonyl (C=O) groups excluding carboxylic acids is 3. The van der Waals surface area contributed by atoms with E-state index in [0.717, 1.165) is 4.47 Å². The van der Waals surface area contributed by atoms with Crippen LogP contribution in [0.5, 0.6) is 0 Å². The molecule has 1 aliphatic heterocycles. The minimum absolute atomic E-state index is 0.0208. The van der Waals surface area contributed by atoms with Crippen molar-refractivity contribution in [1.29, 1.82) is 0 Å². The quantitative estimate of drug-likeness (QED) is 0.475. The Morgan fingerprint density at radius 3 is 2.39 bits per heavy atom. The number of nitrogens with zero attached hydrogens (tertiary/aromatic N) is 1. The first kappa shape index (κ1) is 25.2. The zero-order valence-electron chi connectivity index (χ0n) is 18.5. The molecule has 2 aromatic rings. The molecule has 8 nitrogen and oxygen atoms in total. The molecule has 0 bridgehead atoms. The molecule has 33 heavy (non-hydrogen) atoms. The Kier molecular flexibility index (Phi) is 7.50. The van der Waals surface area contributed by atoms with Crippen LogP contribution in [0.4, 0.5) is 11.4 Å². The van der Waals surface area contributed by atoms with E-state index in [2.05, 4.69) is 37.2 Å². The van der Waals surface area contributed by atoms with Crippen LogP contribution in [0.3, 0.4) is 0 Å². The number of aliphatic hydroxyl groups excluding tert-OH is 1. The number of hydrogen-bond acceptors (Lipinski definition) is 7. The molecule has 2 aromatic carbocycles. The zero-order valence-corrected chi connectivity index (χ0v) is 21.7. The molecule has 0 radical (unpaired) electrons. The first-order valence-corrected chi connectivity index (χ1v) is 11.8. The van der Waals surface area contributed by atoms with Crippen molar-refractivity contribution in [2.24, 2.45) is 0 Å². The number of rotatable bonds is 7. The van der Waals surface area contributed by atoms with Crippen molar-refractivity contribution in [1.82, 2.24) is 0 Å². The second kappa shape index (κ2) is 9.82. The number of methoxy groups -OCH3 is 1. The number of aliphatic hydroxyl groups is 1. The molecule has 10 heteroatoms. The number of fused-ring (bicyclic) bond motifs is 1. The lowest BCUT2D eigenvalue weighted by Gasteiger charge is -2.35. The van der Waals surface area contributed by atoms with Gasteiger partial charge in [0.2, 0.25) is 0 Å². The molecule has 3 rings (SSSR count). The summed E-state index contributed by atoms with van der Waals surface area (Å²) in [6.07, 6.45) is -1.90.